The number of ether oxygens (including phenoxy) is 5. The minimum Gasteiger partial charge on any atom is -0.469 e. The minimum absolute atomic E-state index is 0.00896. The first-order chi connectivity index (χ1) is 22.7. The molecule has 0 unspecified atom stereocenters. The highest BCUT2D eigenvalue weighted by Crippen LogP contribution is 2.22. The minimum atomic E-state index is -1.25. The Morgan fingerprint density at radius 3 is 1.86 bits per heavy atom. The number of thioether (sulfide) groups is 1. The highest BCUT2D eigenvalue weighted by Gasteiger charge is 2.30. The lowest BCUT2D eigenvalue weighted by Gasteiger charge is -2.22. The Bertz CT molecular complexity index is 1200. The molecule has 0 rings (SSSR count). The maximum Gasteiger partial charge on any atom is 0.328 e. The van der Waals surface area contributed by atoms with Crippen molar-refractivity contribution in [2.75, 3.05) is 39.4 Å². The first-order valence-electron chi connectivity index (χ1n) is 15.6. The van der Waals surface area contributed by atoms with Gasteiger partial charge in [0, 0.05) is 43.6 Å². The number of hydrogen-bond donors (Lipinski definition) is 2. The van der Waals surface area contributed by atoms with Crippen molar-refractivity contribution in [2.24, 2.45) is 17.8 Å². The van der Waals surface area contributed by atoms with Gasteiger partial charge < -0.3 is 34.3 Å². The number of amides is 2. The van der Waals surface area contributed by atoms with E-state index in [0.29, 0.717) is 0 Å². The molecule has 5 atom stereocenters. The van der Waals surface area contributed by atoms with Crippen LogP contribution in [-0.2, 0) is 66.8 Å². The van der Waals surface area contributed by atoms with Gasteiger partial charge >= 0.3 is 29.8 Å². The summed E-state index contributed by atoms with van der Waals surface area (Å²) in [6.45, 7) is 8.56. The topological polar surface area (TPSA) is 224 Å². The van der Waals surface area contributed by atoms with Gasteiger partial charge in [-0.15, -0.1) is 0 Å². The van der Waals surface area contributed by atoms with E-state index in [4.69, 9.17) is 18.9 Å². The van der Waals surface area contributed by atoms with Crippen molar-refractivity contribution in [3.8, 4) is 0 Å². The largest absolute Gasteiger partial charge is 0.469 e. The molecule has 0 fully saturated rings. The zero-order valence-electron chi connectivity index (χ0n) is 29.7. The Kier molecular flexibility index (Phi) is 20.7. The number of rotatable bonds is 22. The smallest absolute Gasteiger partial charge is 0.328 e. The molecule has 0 aliphatic rings. The molecule has 278 valence electrons. The highest BCUT2D eigenvalue weighted by atomic mass is 32.2. The quantitative estimate of drug-likeness (QED) is 0.118. The molecule has 17 heteroatoms. The molecule has 0 aromatic carbocycles. The third kappa shape index (κ3) is 19.5. The van der Waals surface area contributed by atoms with Crippen LogP contribution in [0.4, 0.5) is 0 Å². The van der Waals surface area contributed by atoms with E-state index in [0.717, 1.165) is 32.9 Å². The molecule has 0 aliphatic heterocycles. The van der Waals surface area contributed by atoms with Crippen molar-refractivity contribution in [1.29, 1.82) is 0 Å². The second kappa shape index (κ2) is 22.6. The van der Waals surface area contributed by atoms with Gasteiger partial charge in [-0.25, -0.2) is 4.79 Å². The molecule has 2 amide bonds. The fourth-order valence-electron chi connectivity index (χ4n) is 4.18. The van der Waals surface area contributed by atoms with Crippen LogP contribution in [0.5, 0.6) is 0 Å². The summed E-state index contributed by atoms with van der Waals surface area (Å²) in [6.07, 6.45) is -2.38. The van der Waals surface area contributed by atoms with Crippen LogP contribution in [0.15, 0.2) is 0 Å². The SMILES string of the molecule is COC(=O)CNC(=O)[C@@H](CSC[C@H](CC(=O)OC(C)(C)C)C(=O)OC)CC(=O)CC[C@@H](NC(=O)[C@H](C)CC(=O)[C@H](C)OC(C)=O)C(=O)OC. The fraction of sp³-hybridized carbons (Fsp3) is 0.719. The van der Waals surface area contributed by atoms with Gasteiger partial charge in [-0.1, -0.05) is 6.92 Å². The standard InChI is InChI=1S/C32H50N2O14S/c1-18(12-25(37)19(2)47-20(3)35)28(40)34-24(31(43)46-9)11-10-23(36)13-21(29(41)33-15-27(39)44-7)16-49-17-22(30(42)45-8)14-26(38)48-32(4,5)6/h18-19,21-22,24H,10-17H2,1-9H3,(H,33,41)(H,34,40)/t18-,19+,21-,22+,24-/m1/s1. The maximum absolute atomic E-state index is 13.1. The van der Waals surface area contributed by atoms with E-state index in [1.165, 1.54) is 21.0 Å². The van der Waals surface area contributed by atoms with E-state index in [1.807, 2.05) is 0 Å². The van der Waals surface area contributed by atoms with Gasteiger partial charge in [-0.2, -0.15) is 11.8 Å². The second-order valence-electron chi connectivity index (χ2n) is 12.2. The van der Waals surface area contributed by atoms with Crippen LogP contribution in [0.1, 0.15) is 73.6 Å². The molecule has 0 spiro atoms. The summed E-state index contributed by atoms with van der Waals surface area (Å²) < 4.78 is 24.2. The van der Waals surface area contributed by atoms with E-state index in [-0.39, 0.29) is 43.6 Å². The number of carbonyl (C=O) groups is 9. The van der Waals surface area contributed by atoms with Crippen molar-refractivity contribution < 1.29 is 66.8 Å². The molecule has 0 saturated heterocycles. The molecule has 16 nitrogen and oxygen atoms in total. The van der Waals surface area contributed by atoms with E-state index in [1.54, 1.807) is 20.8 Å². The van der Waals surface area contributed by atoms with Crippen LogP contribution in [0.2, 0.25) is 0 Å². The van der Waals surface area contributed by atoms with Crippen molar-refractivity contribution in [3.05, 3.63) is 0 Å². The average molecular weight is 719 g/mol. The zero-order chi connectivity index (χ0) is 37.9. The predicted molar refractivity (Wildman–Crippen MR) is 175 cm³/mol. The summed E-state index contributed by atoms with van der Waals surface area (Å²) in [7, 11) is 3.41. The zero-order valence-corrected chi connectivity index (χ0v) is 30.5. The van der Waals surface area contributed by atoms with E-state index in [2.05, 4.69) is 15.4 Å². The number of ketones is 2. The normalized spacial score (nSPS) is 14.1. The summed E-state index contributed by atoms with van der Waals surface area (Å²) in [5, 5.41) is 4.88. The van der Waals surface area contributed by atoms with Gasteiger partial charge in [0.1, 0.15) is 24.0 Å². The fourth-order valence-corrected chi connectivity index (χ4v) is 5.41. The Balaban J connectivity index is 5.56. The van der Waals surface area contributed by atoms with Crippen molar-refractivity contribution in [1.82, 2.24) is 10.6 Å². The van der Waals surface area contributed by atoms with Gasteiger partial charge in [-0.05, 0) is 34.1 Å². The Morgan fingerprint density at radius 1 is 0.735 bits per heavy atom. The maximum atomic E-state index is 13.1. The number of esters is 5. The Morgan fingerprint density at radius 2 is 1.33 bits per heavy atom. The molecule has 0 bridgehead atoms. The van der Waals surface area contributed by atoms with Gasteiger partial charge in [0.15, 0.2) is 11.9 Å². The summed E-state index contributed by atoms with van der Waals surface area (Å²) >= 11 is 1.11. The highest BCUT2D eigenvalue weighted by molar-refractivity contribution is 7.99. The summed E-state index contributed by atoms with van der Waals surface area (Å²) in [5.41, 5.74) is -0.772. The van der Waals surface area contributed by atoms with Crippen LogP contribution in [-0.4, -0.2) is 110 Å². The summed E-state index contributed by atoms with van der Waals surface area (Å²) in [6, 6.07) is -1.25. The second-order valence-corrected chi connectivity index (χ2v) is 13.3. The third-order valence-corrected chi connectivity index (χ3v) is 8.03. The molecule has 2 N–H and O–H groups in total. The lowest BCUT2D eigenvalue weighted by molar-refractivity contribution is -0.160. The molecule has 0 saturated carbocycles. The first kappa shape index (κ1) is 45.0. The monoisotopic (exact) mass is 718 g/mol. The number of Topliss-reactive ketones (excluding diaryl/α,β-unsaturated/α-hetero) is 2. The lowest BCUT2D eigenvalue weighted by atomic mass is 9.98. The Labute approximate surface area is 290 Å². The van der Waals surface area contributed by atoms with Crippen LogP contribution >= 0.6 is 11.8 Å². The lowest BCUT2D eigenvalue weighted by Crippen LogP contribution is -2.44. The van der Waals surface area contributed by atoms with Gasteiger partial charge in [0.05, 0.1) is 39.6 Å². The van der Waals surface area contributed by atoms with Gasteiger partial charge in [-0.3, -0.25) is 38.4 Å². The van der Waals surface area contributed by atoms with Crippen LogP contribution in [0.25, 0.3) is 0 Å². The first-order valence-corrected chi connectivity index (χ1v) is 16.7. The van der Waals surface area contributed by atoms with Crippen LogP contribution in [0, 0.1) is 17.8 Å². The molecule has 0 heterocycles. The Hall–Kier alpha value is -4.02. The molecule has 0 aliphatic carbocycles. The number of nitrogens with one attached hydrogen (secondary N) is 2. The molecular formula is C32H50N2O14S. The van der Waals surface area contributed by atoms with Crippen LogP contribution in [0.3, 0.4) is 0 Å². The van der Waals surface area contributed by atoms with Crippen molar-refractivity contribution in [3.63, 3.8) is 0 Å². The number of methoxy groups -OCH3 is 3. The van der Waals surface area contributed by atoms with E-state index < -0.39 is 95.3 Å². The summed E-state index contributed by atoms with van der Waals surface area (Å²) in [4.78, 5) is 111. The molecule has 0 aromatic rings. The van der Waals surface area contributed by atoms with Crippen molar-refractivity contribution in [2.45, 2.75) is 91.4 Å². The molecule has 0 radical (unpaired) electrons. The van der Waals surface area contributed by atoms with E-state index >= 15 is 0 Å². The van der Waals surface area contributed by atoms with E-state index in [9.17, 15) is 43.2 Å². The molecular weight excluding hydrogens is 668 g/mol. The van der Waals surface area contributed by atoms with Gasteiger partial charge in [0.2, 0.25) is 11.8 Å². The molecule has 49 heavy (non-hydrogen) atoms. The third-order valence-electron chi connectivity index (χ3n) is 6.75. The van der Waals surface area contributed by atoms with Crippen molar-refractivity contribution >= 4 is 65.0 Å². The number of carbonyl (C=O) groups excluding carboxylic acids is 9. The van der Waals surface area contributed by atoms with Crippen LogP contribution < -0.4 is 10.6 Å². The molecule has 0 aromatic heterocycles. The average Bonchev–Trinajstić information content (AvgIpc) is 3.01. The predicted octanol–water partition coefficient (Wildman–Crippen LogP) is 1.09. The summed E-state index contributed by atoms with van der Waals surface area (Å²) in [5.74, 6) is -8.49. The van der Waals surface area contributed by atoms with Gasteiger partial charge in [0.25, 0.3) is 0 Å². The number of hydrogen-bond acceptors (Lipinski definition) is 15.